The molecule has 1 unspecified atom stereocenters. The van der Waals surface area contributed by atoms with Crippen LogP contribution in [0.4, 0.5) is 5.69 Å². The molecule has 0 aromatic carbocycles. The van der Waals surface area contributed by atoms with E-state index >= 15 is 0 Å². The molecule has 6 nitrogen and oxygen atoms in total. The summed E-state index contributed by atoms with van der Waals surface area (Å²) in [5.41, 5.74) is 6.49. The maximum atomic E-state index is 12.1. The van der Waals surface area contributed by atoms with Gasteiger partial charge in [0.05, 0.1) is 24.5 Å². The fourth-order valence-electron chi connectivity index (χ4n) is 1.61. The number of hydrogen-bond donors (Lipinski definition) is 2. The minimum absolute atomic E-state index is 0.0354. The number of aryl methyl sites for hydroxylation is 1. The zero-order valence-electron chi connectivity index (χ0n) is 11.4. The second-order valence-electron chi connectivity index (χ2n) is 4.56. The van der Waals surface area contributed by atoms with Gasteiger partial charge in [-0.2, -0.15) is 5.10 Å². The van der Waals surface area contributed by atoms with Crippen molar-refractivity contribution in [3.63, 3.8) is 0 Å². The molecule has 0 aliphatic rings. The Kier molecular flexibility index (Phi) is 5.15. The molecule has 0 saturated heterocycles. The molecule has 1 amide bonds. The molecule has 0 fully saturated rings. The highest BCUT2D eigenvalue weighted by Crippen LogP contribution is 2.11. The Morgan fingerprint density at radius 1 is 1.61 bits per heavy atom. The van der Waals surface area contributed by atoms with Crippen LogP contribution in [0.3, 0.4) is 0 Å². The highest BCUT2D eigenvalue weighted by molar-refractivity contribution is 5.97. The summed E-state index contributed by atoms with van der Waals surface area (Å²) in [5, 5.41) is 6.88. The third-order valence-corrected chi connectivity index (χ3v) is 2.80. The molecule has 1 atom stereocenters. The van der Waals surface area contributed by atoms with Crippen LogP contribution in [0.15, 0.2) is 6.20 Å². The average Bonchev–Trinajstić information content (AvgIpc) is 2.63. The second-order valence-corrected chi connectivity index (χ2v) is 4.56. The van der Waals surface area contributed by atoms with Crippen molar-refractivity contribution in [1.29, 1.82) is 0 Å². The third-order valence-electron chi connectivity index (χ3n) is 2.80. The third kappa shape index (κ3) is 3.46. The molecule has 18 heavy (non-hydrogen) atoms. The second kappa shape index (κ2) is 6.39. The fourth-order valence-corrected chi connectivity index (χ4v) is 1.61. The van der Waals surface area contributed by atoms with E-state index in [4.69, 9.17) is 10.5 Å². The highest BCUT2D eigenvalue weighted by atomic mass is 16.5. The van der Waals surface area contributed by atoms with Crippen molar-refractivity contribution >= 4 is 11.6 Å². The summed E-state index contributed by atoms with van der Waals surface area (Å²) in [6.07, 6.45) is 1.47. The molecular formula is C12H22N4O2. The molecule has 1 heterocycles. The Balaban J connectivity index is 2.72. The Morgan fingerprint density at radius 3 is 2.72 bits per heavy atom. The SMILES string of the molecule is CCOCC(NC(=O)c1c(N)cnn1C)C(C)C. The normalized spacial score (nSPS) is 12.7. The van der Waals surface area contributed by atoms with E-state index in [0.29, 0.717) is 24.6 Å². The first kappa shape index (κ1) is 14.5. The van der Waals surface area contributed by atoms with E-state index in [1.165, 1.54) is 10.9 Å². The molecule has 6 heteroatoms. The van der Waals surface area contributed by atoms with Gasteiger partial charge < -0.3 is 15.8 Å². The van der Waals surface area contributed by atoms with Crippen LogP contribution < -0.4 is 11.1 Å². The lowest BCUT2D eigenvalue weighted by Crippen LogP contribution is -2.42. The molecule has 1 aromatic heterocycles. The van der Waals surface area contributed by atoms with Gasteiger partial charge in [0.15, 0.2) is 0 Å². The van der Waals surface area contributed by atoms with E-state index in [0.717, 1.165) is 0 Å². The van der Waals surface area contributed by atoms with E-state index < -0.39 is 0 Å². The Labute approximate surface area is 107 Å². The minimum Gasteiger partial charge on any atom is -0.396 e. The van der Waals surface area contributed by atoms with Crippen LogP contribution >= 0.6 is 0 Å². The zero-order chi connectivity index (χ0) is 13.7. The predicted molar refractivity (Wildman–Crippen MR) is 70.2 cm³/mol. The Hall–Kier alpha value is -1.56. The van der Waals surface area contributed by atoms with Gasteiger partial charge in [-0.05, 0) is 12.8 Å². The summed E-state index contributed by atoms with van der Waals surface area (Å²) < 4.78 is 6.84. The van der Waals surface area contributed by atoms with Crippen molar-refractivity contribution in [2.45, 2.75) is 26.8 Å². The molecule has 0 aliphatic heterocycles. The van der Waals surface area contributed by atoms with E-state index in [-0.39, 0.29) is 17.9 Å². The molecular weight excluding hydrogens is 232 g/mol. The van der Waals surface area contributed by atoms with Crippen molar-refractivity contribution in [1.82, 2.24) is 15.1 Å². The lowest BCUT2D eigenvalue weighted by molar-refractivity contribution is 0.0799. The topological polar surface area (TPSA) is 82.2 Å². The molecule has 0 saturated carbocycles. The summed E-state index contributed by atoms with van der Waals surface area (Å²) in [6, 6.07) is -0.0354. The number of amides is 1. The van der Waals surface area contributed by atoms with Crippen LogP contribution in [-0.2, 0) is 11.8 Å². The number of nitrogens with zero attached hydrogens (tertiary/aromatic N) is 2. The monoisotopic (exact) mass is 254 g/mol. The quantitative estimate of drug-likeness (QED) is 0.786. The van der Waals surface area contributed by atoms with Crippen molar-refractivity contribution in [3.8, 4) is 0 Å². The summed E-state index contributed by atoms with van der Waals surface area (Å²) in [5.74, 6) is 0.0702. The number of aromatic nitrogens is 2. The van der Waals surface area contributed by atoms with Crippen LogP contribution in [0.1, 0.15) is 31.3 Å². The average molecular weight is 254 g/mol. The molecule has 0 bridgehead atoms. The number of nitrogen functional groups attached to an aromatic ring is 1. The number of hydrogen-bond acceptors (Lipinski definition) is 4. The van der Waals surface area contributed by atoms with Crippen molar-refractivity contribution < 1.29 is 9.53 Å². The van der Waals surface area contributed by atoms with Gasteiger partial charge in [0.1, 0.15) is 5.69 Å². The molecule has 1 aromatic rings. The maximum Gasteiger partial charge on any atom is 0.271 e. The van der Waals surface area contributed by atoms with Gasteiger partial charge in [-0.1, -0.05) is 13.8 Å². The van der Waals surface area contributed by atoms with Gasteiger partial charge in [0, 0.05) is 13.7 Å². The van der Waals surface area contributed by atoms with E-state index in [1.54, 1.807) is 7.05 Å². The van der Waals surface area contributed by atoms with Crippen molar-refractivity contribution in [2.24, 2.45) is 13.0 Å². The van der Waals surface area contributed by atoms with Crippen LogP contribution in [0.25, 0.3) is 0 Å². The number of anilines is 1. The smallest absolute Gasteiger partial charge is 0.271 e. The van der Waals surface area contributed by atoms with E-state index in [9.17, 15) is 4.79 Å². The Bertz CT molecular complexity index is 381. The summed E-state index contributed by atoms with van der Waals surface area (Å²) >= 11 is 0. The number of rotatable bonds is 6. The number of carbonyl (C=O) groups excluding carboxylic acids is 1. The van der Waals surface area contributed by atoms with E-state index in [2.05, 4.69) is 10.4 Å². The molecule has 3 N–H and O–H groups in total. The lowest BCUT2D eigenvalue weighted by Gasteiger charge is -2.22. The van der Waals surface area contributed by atoms with Crippen LogP contribution in [0.2, 0.25) is 0 Å². The molecule has 0 aliphatic carbocycles. The molecule has 0 spiro atoms. The van der Waals surface area contributed by atoms with Gasteiger partial charge in [-0.15, -0.1) is 0 Å². The summed E-state index contributed by atoms with van der Waals surface area (Å²) in [7, 11) is 1.69. The standard InChI is InChI=1S/C12H22N4O2/c1-5-18-7-10(8(2)3)15-12(17)11-9(13)6-14-16(11)4/h6,8,10H,5,7,13H2,1-4H3,(H,15,17). The van der Waals surface area contributed by atoms with Crippen molar-refractivity contribution in [2.75, 3.05) is 18.9 Å². The summed E-state index contributed by atoms with van der Waals surface area (Å²) in [6.45, 7) is 7.13. The van der Waals surface area contributed by atoms with Gasteiger partial charge in [-0.25, -0.2) is 0 Å². The van der Waals surface area contributed by atoms with Crippen LogP contribution in [0.5, 0.6) is 0 Å². The van der Waals surface area contributed by atoms with Gasteiger partial charge in [-0.3, -0.25) is 9.48 Å². The maximum absolute atomic E-state index is 12.1. The van der Waals surface area contributed by atoms with Crippen LogP contribution in [-0.4, -0.2) is 34.9 Å². The number of ether oxygens (including phenoxy) is 1. The van der Waals surface area contributed by atoms with Gasteiger partial charge >= 0.3 is 0 Å². The van der Waals surface area contributed by atoms with E-state index in [1.807, 2.05) is 20.8 Å². The number of carbonyl (C=O) groups is 1. The molecule has 0 radical (unpaired) electrons. The number of nitrogens with two attached hydrogens (primary N) is 1. The lowest BCUT2D eigenvalue weighted by atomic mass is 10.1. The van der Waals surface area contributed by atoms with Crippen LogP contribution in [0, 0.1) is 5.92 Å². The van der Waals surface area contributed by atoms with Gasteiger partial charge in [0.25, 0.3) is 5.91 Å². The predicted octanol–water partition coefficient (Wildman–Crippen LogP) is 0.793. The fraction of sp³-hybridized carbons (Fsp3) is 0.667. The highest BCUT2D eigenvalue weighted by Gasteiger charge is 2.21. The van der Waals surface area contributed by atoms with Gasteiger partial charge in [0.2, 0.25) is 0 Å². The molecule has 102 valence electrons. The first-order chi connectivity index (χ1) is 8.47. The Morgan fingerprint density at radius 2 is 2.28 bits per heavy atom. The zero-order valence-corrected chi connectivity index (χ0v) is 11.4. The van der Waals surface area contributed by atoms with Crippen molar-refractivity contribution in [3.05, 3.63) is 11.9 Å². The first-order valence-corrected chi connectivity index (χ1v) is 6.13. The number of nitrogens with one attached hydrogen (secondary N) is 1. The minimum atomic E-state index is -0.217. The molecule has 1 rings (SSSR count). The summed E-state index contributed by atoms with van der Waals surface area (Å²) in [4.78, 5) is 12.1. The largest absolute Gasteiger partial charge is 0.396 e. The first-order valence-electron chi connectivity index (χ1n) is 6.13.